The highest BCUT2D eigenvalue weighted by Crippen LogP contribution is 2.42. The van der Waals surface area contributed by atoms with Crippen molar-refractivity contribution in [2.45, 2.75) is 38.8 Å². The van der Waals surface area contributed by atoms with Gasteiger partial charge >= 0.3 is 6.18 Å². The van der Waals surface area contributed by atoms with Crippen molar-refractivity contribution in [1.29, 1.82) is 5.26 Å². The van der Waals surface area contributed by atoms with E-state index in [0.717, 1.165) is 46.4 Å². The third kappa shape index (κ3) is 8.90. The van der Waals surface area contributed by atoms with Gasteiger partial charge in [-0.25, -0.2) is 4.68 Å². The highest BCUT2D eigenvalue weighted by atomic mass is 19.4. The minimum Gasteiger partial charge on any atom is -0.485 e. The van der Waals surface area contributed by atoms with Crippen molar-refractivity contribution in [3.8, 4) is 23.3 Å². The standard InChI is InChI=1S/C43H36F3N5O3/c44-43(45,46)40-24-38(51(49-40)36-17-8-14-33(23-36)25-47)42(52)48-35-16-7-15-34(22-35)27-50(26-30-20-21-30)37-18-9-19-39(53-28-31-10-3-1-4-11-31)41(37)54-29-32-12-5-2-6-13-32/h1-19,22-24,30H,20-21,26-29H2,(H,48,52). The number of nitrogens with zero attached hydrogens (tertiary/aromatic N) is 4. The summed E-state index contributed by atoms with van der Waals surface area (Å²) in [4.78, 5) is 15.9. The summed E-state index contributed by atoms with van der Waals surface area (Å²) in [5.41, 5.74) is 2.99. The number of ether oxygens (including phenoxy) is 2. The van der Waals surface area contributed by atoms with Crippen molar-refractivity contribution in [2.75, 3.05) is 16.8 Å². The number of halogens is 3. The van der Waals surface area contributed by atoms with Crippen molar-refractivity contribution in [1.82, 2.24) is 9.78 Å². The van der Waals surface area contributed by atoms with Crippen LogP contribution in [0.5, 0.6) is 11.5 Å². The van der Waals surface area contributed by atoms with Gasteiger partial charge in [-0.15, -0.1) is 0 Å². The number of anilines is 2. The topological polar surface area (TPSA) is 92.4 Å². The van der Waals surface area contributed by atoms with Gasteiger partial charge in [0.25, 0.3) is 5.91 Å². The van der Waals surface area contributed by atoms with Crippen LogP contribution in [0.25, 0.3) is 5.69 Å². The van der Waals surface area contributed by atoms with Gasteiger partial charge in [0.05, 0.1) is 23.0 Å². The second-order valence-corrected chi connectivity index (χ2v) is 13.1. The molecule has 0 unspecified atom stereocenters. The number of alkyl halides is 3. The molecule has 0 aliphatic heterocycles. The molecule has 272 valence electrons. The van der Waals surface area contributed by atoms with Crippen LogP contribution in [0.15, 0.2) is 133 Å². The zero-order chi connectivity index (χ0) is 37.5. The van der Waals surface area contributed by atoms with Gasteiger partial charge in [-0.1, -0.05) is 84.9 Å². The van der Waals surface area contributed by atoms with E-state index >= 15 is 0 Å². The lowest BCUT2D eigenvalue weighted by Crippen LogP contribution is -2.26. The minimum atomic E-state index is -4.79. The van der Waals surface area contributed by atoms with E-state index in [1.54, 1.807) is 18.2 Å². The third-order valence-electron chi connectivity index (χ3n) is 8.95. The molecule has 1 aliphatic rings. The Morgan fingerprint density at radius 2 is 1.48 bits per heavy atom. The van der Waals surface area contributed by atoms with Crippen LogP contribution in [-0.2, 0) is 25.9 Å². The molecule has 0 atom stereocenters. The first-order valence-electron chi connectivity index (χ1n) is 17.5. The number of hydrogen-bond acceptors (Lipinski definition) is 6. The quantitative estimate of drug-likeness (QED) is 0.120. The molecule has 1 aliphatic carbocycles. The molecule has 6 aromatic rings. The zero-order valence-corrected chi connectivity index (χ0v) is 29.2. The van der Waals surface area contributed by atoms with E-state index in [1.165, 1.54) is 24.3 Å². The number of hydrogen-bond donors (Lipinski definition) is 1. The molecule has 1 saturated carbocycles. The van der Waals surface area contributed by atoms with Crippen LogP contribution in [0, 0.1) is 17.2 Å². The van der Waals surface area contributed by atoms with Crippen LogP contribution < -0.4 is 19.7 Å². The highest BCUT2D eigenvalue weighted by Gasteiger charge is 2.36. The molecule has 1 heterocycles. The zero-order valence-electron chi connectivity index (χ0n) is 29.2. The van der Waals surface area contributed by atoms with Gasteiger partial charge in [-0.2, -0.15) is 23.5 Å². The molecule has 11 heteroatoms. The first-order valence-corrected chi connectivity index (χ1v) is 17.5. The molecule has 0 bridgehead atoms. The second kappa shape index (κ2) is 16.0. The number of nitriles is 1. The Bertz CT molecular complexity index is 2260. The van der Waals surface area contributed by atoms with Crippen LogP contribution >= 0.6 is 0 Å². The lowest BCUT2D eigenvalue weighted by Gasteiger charge is -2.28. The molecular weight excluding hydrogens is 691 g/mol. The van der Waals surface area contributed by atoms with Crippen molar-refractivity contribution in [2.24, 2.45) is 5.92 Å². The third-order valence-corrected chi connectivity index (χ3v) is 8.95. The van der Waals surface area contributed by atoms with Gasteiger partial charge in [-0.05, 0) is 77.9 Å². The molecule has 5 aromatic carbocycles. The predicted octanol–water partition coefficient (Wildman–Crippen LogP) is 9.59. The lowest BCUT2D eigenvalue weighted by atomic mass is 10.1. The van der Waals surface area contributed by atoms with E-state index in [1.807, 2.05) is 91.0 Å². The SMILES string of the molecule is N#Cc1cccc(-n2nc(C(F)(F)F)cc2C(=O)Nc2cccc(CN(CC3CC3)c3cccc(OCc4ccccc4)c3OCc3ccccc3)c2)c1. The summed E-state index contributed by atoms with van der Waals surface area (Å²) in [7, 11) is 0. The van der Waals surface area contributed by atoms with Crippen LogP contribution in [-0.4, -0.2) is 22.2 Å². The number of benzene rings is 5. The molecular formula is C43H36F3N5O3. The Labute approximate surface area is 311 Å². The predicted molar refractivity (Wildman–Crippen MR) is 199 cm³/mol. The summed E-state index contributed by atoms with van der Waals surface area (Å²) in [6, 6.07) is 41.5. The molecule has 0 radical (unpaired) electrons. The highest BCUT2D eigenvalue weighted by molar-refractivity contribution is 6.03. The van der Waals surface area contributed by atoms with Crippen molar-refractivity contribution in [3.05, 3.63) is 167 Å². The maximum absolute atomic E-state index is 13.8. The smallest absolute Gasteiger partial charge is 0.435 e. The summed E-state index contributed by atoms with van der Waals surface area (Å²) in [6.07, 6.45) is -2.56. The average molecular weight is 728 g/mol. The van der Waals surface area contributed by atoms with Crippen LogP contribution in [0.4, 0.5) is 24.5 Å². The summed E-state index contributed by atoms with van der Waals surface area (Å²) >= 11 is 0. The van der Waals surface area contributed by atoms with Gasteiger partial charge < -0.3 is 19.7 Å². The van der Waals surface area contributed by atoms with E-state index in [2.05, 4.69) is 15.3 Å². The number of nitrogens with one attached hydrogen (secondary N) is 1. The summed E-state index contributed by atoms with van der Waals surface area (Å²) in [5, 5.41) is 15.8. The number of carbonyl (C=O) groups excluding carboxylic acids is 1. The minimum absolute atomic E-state index is 0.152. The van der Waals surface area contributed by atoms with Gasteiger partial charge in [-0.3, -0.25) is 4.79 Å². The number of aromatic nitrogens is 2. The molecule has 0 spiro atoms. The van der Waals surface area contributed by atoms with E-state index < -0.39 is 17.8 Å². The Morgan fingerprint density at radius 1 is 0.815 bits per heavy atom. The van der Waals surface area contributed by atoms with Crippen LogP contribution in [0.3, 0.4) is 0 Å². The number of amides is 1. The fourth-order valence-corrected chi connectivity index (χ4v) is 6.09. The molecule has 0 saturated heterocycles. The number of rotatable bonds is 14. The van der Waals surface area contributed by atoms with E-state index in [-0.39, 0.29) is 16.9 Å². The van der Waals surface area contributed by atoms with Gasteiger partial charge in [0.15, 0.2) is 17.2 Å². The number of para-hydroxylation sites is 1. The van der Waals surface area contributed by atoms with Crippen molar-refractivity contribution >= 4 is 17.3 Å². The summed E-state index contributed by atoms with van der Waals surface area (Å²) in [6.45, 7) is 1.93. The van der Waals surface area contributed by atoms with E-state index in [9.17, 15) is 23.2 Å². The Hall–Kier alpha value is -6.54. The summed E-state index contributed by atoms with van der Waals surface area (Å²) in [5.74, 6) is 0.958. The molecule has 1 N–H and O–H groups in total. The second-order valence-electron chi connectivity index (χ2n) is 13.1. The Kier molecular flexibility index (Phi) is 10.6. The lowest BCUT2D eigenvalue weighted by molar-refractivity contribution is -0.141. The molecule has 1 fully saturated rings. The first-order chi connectivity index (χ1) is 26.2. The largest absolute Gasteiger partial charge is 0.485 e. The average Bonchev–Trinajstić information content (AvgIpc) is 3.88. The van der Waals surface area contributed by atoms with Crippen LogP contribution in [0.1, 0.15) is 51.3 Å². The number of carbonyl (C=O) groups is 1. The Balaban J connectivity index is 1.16. The van der Waals surface area contributed by atoms with Crippen LogP contribution in [0.2, 0.25) is 0 Å². The maximum atomic E-state index is 13.8. The fourth-order valence-electron chi connectivity index (χ4n) is 6.09. The summed E-state index contributed by atoms with van der Waals surface area (Å²) < 4.78 is 55.1. The molecule has 1 aromatic heterocycles. The monoisotopic (exact) mass is 727 g/mol. The maximum Gasteiger partial charge on any atom is 0.435 e. The van der Waals surface area contributed by atoms with E-state index in [4.69, 9.17) is 9.47 Å². The van der Waals surface area contributed by atoms with Gasteiger partial charge in [0.1, 0.15) is 18.9 Å². The fraction of sp³-hybridized carbons (Fsp3) is 0.186. The van der Waals surface area contributed by atoms with Crippen molar-refractivity contribution in [3.63, 3.8) is 0 Å². The first kappa shape index (κ1) is 35.8. The van der Waals surface area contributed by atoms with Gasteiger partial charge in [0.2, 0.25) is 0 Å². The normalized spacial score (nSPS) is 12.5. The molecule has 1 amide bonds. The van der Waals surface area contributed by atoms with E-state index in [0.29, 0.717) is 48.9 Å². The van der Waals surface area contributed by atoms with Crippen molar-refractivity contribution < 1.29 is 27.4 Å². The molecule has 7 rings (SSSR count). The molecule has 8 nitrogen and oxygen atoms in total. The molecule has 54 heavy (non-hydrogen) atoms. The van der Waals surface area contributed by atoms with Gasteiger partial charge in [0, 0.05) is 24.8 Å². The Morgan fingerprint density at radius 3 is 2.17 bits per heavy atom.